The number of aromatic nitrogens is 2. The van der Waals surface area contributed by atoms with Gasteiger partial charge in [0.05, 0.1) is 22.9 Å². The van der Waals surface area contributed by atoms with Gasteiger partial charge in [-0.1, -0.05) is 48.9 Å². The van der Waals surface area contributed by atoms with Crippen molar-refractivity contribution < 1.29 is 4.74 Å². The summed E-state index contributed by atoms with van der Waals surface area (Å²) in [6.07, 6.45) is 0.965. The van der Waals surface area contributed by atoms with Crippen molar-refractivity contribution >= 4 is 0 Å². The largest absolute Gasteiger partial charge is 0.422 e. The highest BCUT2D eigenvalue weighted by molar-refractivity contribution is 5.57. The minimum atomic E-state index is -0.293. The van der Waals surface area contributed by atoms with Gasteiger partial charge in [-0.05, 0) is 43.5 Å². The Labute approximate surface area is 164 Å². The van der Waals surface area contributed by atoms with Crippen LogP contribution in [0, 0.1) is 25.2 Å². The van der Waals surface area contributed by atoms with Crippen molar-refractivity contribution in [3.63, 3.8) is 0 Å². The van der Waals surface area contributed by atoms with Crippen molar-refractivity contribution in [2.45, 2.75) is 33.1 Å². The molecule has 0 radical (unpaired) electrons. The van der Waals surface area contributed by atoms with Crippen LogP contribution in [0.25, 0.3) is 5.69 Å². The van der Waals surface area contributed by atoms with Crippen molar-refractivity contribution in [2.75, 3.05) is 0 Å². The monoisotopic (exact) mass is 370 g/mol. The zero-order chi connectivity index (χ0) is 19.8. The minimum Gasteiger partial charge on any atom is -0.422 e. The molecule has 0 amide bonds. The van der Waals surface area contributed by atoms with Crippen LogP contribution in [0.4, 0.5) is 0 Å². The molecular formula is C23H22N4O. The molecule has 0 saturated heterocycles. The highest BCUT2D eigenvalue weighted by Gasteiger charge is 2.36. The van der Waals surface area contributed by atoms with Crippen LogP contribution in [-0.2, 0) is 6.42 Å². The summed E-state index contributed by atoms with van der Waals surface area (Å²) in [5, 5.41) is 14.5. The Morgan fingerprint density at radius 2 is 1.79 bits per heavy atom. The first kappa shape index (κ1) is 17.9. The van der Waals surface area contributed by atoms with E-state index in [4.69, 9.17) is 15.6 Å². The van der Waals surface area contributed by atoms with Gasteiger partial charge in [0, 0.05) is 0 Å². The number of fused-ring (bicyclic) bond motifs is 1. The highest BCUT2D eigenvalue weighted by atomic mass is 16.5. The van der Waals surface area contributed by atoms with Crippen LogP contribution in [0.1, 0.15) is 40.8 Å². The summed E-state index contributed by atoms with van der Waals surface area (Å²) in [6.45, 7) is 6.10. The molecule has 0 fully saturated rings. The normalized spacial score (nSPS) is 15.7. The minimum absolute atomic E-state index is 0.132. The molecule has 140 valence electrons. The summed E-state index contributed by atoms with van der Waals surface area (Å²) in [7, 11) is 0. The number of hydrogen-bond acceptors (Lipinski definition) is 4. The van der Waals surface area contributed by atoms with E-state index in [1.807, 2.05) is 38.1 Å². The van der Waals surface area contributed by atoms with Crippen molar-refractivity contribution in [3.8, 4) is 17.6 Å². The highest BCUT2D eigenvalue weighted by Crippen LogP contribution is 2.44. The average Bonchev–Trinajstić information content (AvgIpc) is 3.03. The van der Waals surface area contributed by atoms with Gasteiger partial charge in [-0.2, -0.15) is 10.4 Å². The third-order valence-electron chi connectivity index (χ3n) is 5.23. The standard InChI is InChI=1S/C23H22N4O/c1-4-16-7-9-17(10-8-16)21-19(13-24)22(25)28-23-20(21)15(3)26-27(23)18-11-5-14(2)6-12-18/h5-12,21H,4,25H2,1-3H3/t21-/m0/s1. The molecule has 0 saturated carbocycles. The van der Waals surface area contributed by atoms with Crippen molar-refractivity contribution in [1.29, 1.82) is 5.26 Å². The summed E-state index contributed by atoms with van der Waals surface area (Å²) >= 11 is 0. The number of nitrogens with two attached hydrogens (primary N) is 1. The van der Waals surface area contributed by atoms with E-state index in [9.17, 15) is 5.26 Å². The zero-order valence-electron chi connectivity index (χ0n) is 16.2. The average molecular weight is 370 g/mol. The predicted molar refractivity (Wildman–Crippen MR) is 108 cm³/mol. The molecule has 0 unspecified atom stereocenters. The third kappa shape index (κ3) is 2.84. The molecule has 0 aliphatic carbocycles. The predicted octanol–water partition coefficient (Wildman–Crippen LogP) is 4.27. The Morgan fingerprint density at radius 3 is 2.39 bits per heavy atom. The summed E-state index contributed by atoms with van der Waals surface area (Å²) in [6, 6.07) is 18.6. The third-order valence-corrected chi connectivity index (χ3v) is 5.23. The fraction of sp³-hybridized carbons (Fsp3) is 0.217. The second kappa shape index (κ2) is 6.90. The lowest BCUT2D eigenvalue weighted by Crippen LogP contribution is -2.22. The molecule has 1 aliphatic rings. The molecule has 5 heteroatoms. The van der Waals surface area contributed by atoms with Crippen LogP contribution in [0.2, 0.25) is 0 Å². The van der Waals surface area contributed by atoms with Crippen LogP contribution < -0.4 is 10.5 Å². The SMILES string of the molecule is CCc1ccc([C@H]2C(C#N)=C(N)Oc3c2c(C)nn3-c2ccc(C)cc2)cc1. The van der Waals surface area contributed by atoms with Crippen LogP contribution in [0.3, 0.4) is 0 Å². The summed E-state index contributed by atoms with van der Waals surface area (Å²) in [5.41, 5.74) is 12.6. The van der Waals surface area contributed by atoms with Crippen LogP contribution in [-0.4, -0.2) is 9.78 Å². The quantitative estimate of drug-likeness (QED) is 0.747. The maximum absolute atomic E-state index is 9.77. The molecule has 2 aromatic carbocycles. The van der Waals surface area contributed by atoms with E-state index in [-0.39, 0.29) is 11.8 Å². The topological polar surface area (TPSA) is 76.9 Å². The second-order valence-corrected chi connectivity index (χ2v) is 7.07. The Kier molecular flexibility index (Phi) is 4.40. The Morgan fingerprint density at radius 1 is 1.11 bits per heavy atom. The number of ether oxygens (including phenoxy) is 1. The number of benzene rings is 2. The molecule has 4 rings (SSSR count). The molecule has 28 heavy (non-hydrogen) atoms. The lowest BCUT2D eigenvalue weighted by Gasteiger charge is -2.25. The number of nitrogens with zero attached hydrogens (tertiary/aromatic N) is 3. The smallest absolute Gasteiger partial charge is 0.229 e. The van der Waals surface area contributed by atoms with Gasteiger partial charge in [-0.15, -0.1) is 0 Å². The van der Waals surface area contributed by atoms with Crippen LogP contribution in [0.5, 0.6) is 5.88 Å². The molecule has 1 aliphatic heterocycles. The molecule has 2 N–H and O–H groups in total. The van der Waals surface area contributed by atoms with Gasteiger partial charge < -0.3 is 10.5 Å². The Bertz CT molecular complexity index is 1100. The lowest BCUT2D eigenvalue weighted by atomic mass is 9.84. The summed E-state index contributed by atoms with van der Waals surface area (Å²) in [4.78, 5) is 0. The molecule has 3 aromatic rings. The van der Waals surface area contributed by atoms with E-state index < -0.39 is 0 Å². The van der Waals surface area contributed by atoms with Gasteiger partial charge in [0.1, 0.15) is 11.6 Å². The van der Waals surface area contributed by atoms with Gasteiger partial charge in [-0.3, -0.25) is 0 Å². The number of nitriles is 1. The first-order chi connectivity index (χ1) is 13.5. The molecule has 5 nitrogen and oxygen atoms in total. The van der Waals surface area contributed by atoms with Crippen molar-refractivity contribution in [3.05, 3.63) is 87.9 Å². The number of allylic oxidation sites excluding steroid dienone is 1. The lowest BCUT2D eigenvalue weighted by molar-refractivity contribution is 0.367. The Balaban J connectivity index is 1.91. The maximum atomic E-state index is 9.77. The molecule has 0 spiro atoms. The fourth-order valence-corrected chi connectivity index (χ4v) is 3.65. The molecule has 2 heterocycles. The van der Waals surface area contributed by atoms with E-state index in [0.717, 1.165) is 28.9 Å². The van der Waals surface area contributed by atoms with E-state index in [2.05, 4.69) is 37.3 Å². The summed E-state index contributed by atoms with van der Waals surface area (Å²) < 4.78 is 7.67. The van der Waals surface area contributed by atoms with Crippen LogP contribution >= 0.6 is 0 Å². The first-order valence-electron chi connectivity index (χ1n) is 9.36. The molecular weight excluding hydrogens is 348 g/mol. The molecule has 1 aromatic heterocycles. The zero-order valence-corrected chi connectivity index (χ0v) is 16.2. The van der Waals surface area contributed by atoms with E-state index in [0.29, 0.717) is 11.5 Å². The van der Waals surface area contributed by atoms with E-state index in [1.165, 1.54) is 11.1 Å². The molecule has 1 atom stereocenters. The van der Waals surface area contributed by atoms with Gasteiger partial charge in [0.25, 0.3) is 0 Å². The van der Waals surface area contributed by atoms with Gasteiger partial charge in [0.15, 0.2) is 0 Å². The van der Waals surface area contributed by atoms with Crippen LogP contribution in [0.15, 0.2) is 60.0 Å². The number of aryl methyl sites for hydroxylation is 3. The molecule has 0 bridgehead atoms. The number of hydrogen-bond donors (Lipinski definition) is 1. The van der Waals surface area contributed by atoms with Crippen molar-refractivity contribution in [2.24, 2.45) is 5.73 Å². The van der Waals surface area contributed by atoms with Gasteiger partial charge in [-0.25, -0.2) is 4.68 Å². The fourth-order valence-electron chi connectivity index (χ4n) is 3.65. The van der Waals surface area contributed by atoms with E-state index in [1.54, 1.807) is 4.68 Å². The Hall–Kier alpha value is -3.52. The number of rotatable bonds is 3. The first-order valence-corrected chi connectivity index (χ1v) is 9.36. The van der Waals surface area contributed by atoms with Gasteiger partial charge in [0.2, 0.25) is 11.8 Å². The van der Waals surface area contributed by atoms with Gasteiger partial charge >= 0.3 is 0 Å². The maximum Gasteiger partial charge on any atom is 0.229 e. The van der Waals surface area contributed by atoms with E-state index >= 15 is 0 Å². The van der Waals surface area contributed by atoms with Crippen molar-refractivity contribution in [1.82, 2.24) is 9.78 Å². The summed E-state index contributed by atoms with van der Waals surface area (Å²) in [5.74, 6) is 0.411. The second-order valence-electron chi connectivity index (χ2n) is 7.07.